The lowest BCUT2D eigenvalue weighted by molar-refractivity contribution is 0.0855. The zero-order chi connectivity index (χ0) is 12.7. The maximum Gasteiger partial charge on any atom is 0.321 e. The van der Waals surface area contributed by atoms with Crippen molar-refractivity contribution in [3.8, 4) is 0 Å². The monoisotopic (exact) mass is 244 g/mol. The van der Waals surface area contributed by atoms with Crippen LogP contribution in [0.15, 0.2) is 18.2 Å². The minimum Gasteiger partial charge on any atom is -0.323 e. The van der Waals surface area contributed by atoms with E-state index >= 15 is 0 Å². The lowest BCUT2D eigenvalue weighted by Crippen LogP contribution is -2.35. The van der Waals surface area contributed by atoms with Crippen molar-refractivity contribution >= 4 is 17.5 Å². The highest BCUT2D eigenvalue weighted by Gasteiger charge is 2.27. The van der Waals surface area contributed by atoms with Gasteiger partial charge >= 0.3 is 6.03 Å². The summed E-state index contributed by atoms with van der Waals surface area (Å²) in [5.41, 5.74) is 2.62. The number of anilines is 1. The van der Waals surface area contributed by atoms with E-state index in [2.05, 4.69) is 5.32 Å². The first-order valence-corrected chi connectivity index (χ1v) is 6.34. The van der Waals surface area contributed by atoms with Crippen molar-refractivity contribution in [1.82, 2.24) is 4.90 Å². The Balaban J connectivity index is 1.88. The predicted octanol–water partition coefficient (Wildman–Crippen LogP) is 2.65. The molecule has 3 rings (SSSR count). The number of urea groups is 1. The van der Waals surface area contributed by atoms with Crippen molar-refractivity contribution in [2.24, 2.45) is 5.92 Å². The minimum absolute atomic E-state index is 0.0967. The van der Waals surface area contributed by atoms with Crippen LogP contribution in [-0.2, 0) is 6.54 Å². The molecule has 0 saturated heterocycles. The quantitative estimate of drug-likeness (QED) is 0.813. The normalized spacial score (nSPS) is 18.9. The predicted molar refractivity (Wildman–Crippen MR) is 68.6 cm³/mol. The van der Waals surface area contributed by atoms with Gasteiger partial charge in [0.1, 0.15) is 0 Å². The molecular formula is C14H16N2O2. The molecule has 1 aromatic carbocycles. The molecule has 0 bridgehead atoms. The van der Waals surface area contributed by atoms with E-state index < -0.39 is 0 Å². The van der Waals surface area contributed by atoms with Crippen LogP contribution in [-0.4, -0.2) is 23.8 Å². The number of nitrogens with one attached hydrogen (secondary N) is 1. The fraction of sp³-hybridized carbons (Fsp3) is 0.429. The lowest BCUT2D eigenvalue weighted by atomic mass is 9.79. The maximum atomic E-state index is 12.2. The number of nitrogens with zero attached hydrogens (tertiary/aromatic N) is 1. The number of benzene rings is 1. The van der Waals surface area contributed by atoms with Crippen LogP contribution in [0.25, 0.3) is 0 Å². The third-order valence-electron chi connectivity index (χ3n) is 3.86. The summed E-state index contributed by atoms with van der Waals surface area (Å²) in [6.07, 6.45) is 3.21. The molecule has 1 aliphatic carbocycles. The molecule has 1 heterocycles. The number of ketones is 1. The number of Topliss-reactive ketones (excluding diaryl/α,β-unsaturated/α-hetero) is 1. The van der Waals surface area contributed by atoms with Gasteiger partial charge in [0.25, 0.3) is 0 Å². The molecule has 0 spiro atoms. The van der Waals surface area contributed by atoms with Crippen LogP contribution in [0.2, 0.25) is 0 Å². The van der Waals surface area contributed by atoms with Crippen LogP contribution in [0.1, 0.15) is 35.2 Å². The molecule has 0 aromatic heterocycles. The number of amides is 2. The van der Waals surface area contributed by atoms with Gasteiger partial charge < -0.3 is 10.2 Å². The van der Waals surface area contributed by atoms with Gasteiger partial charge in [-0.15, -0.1) is 0 Å². The van der Waals surface area contributed by atoms with Crippen molar-refractivity contribution in [3.05, 3.63) is 29.3 Å². The molecule has 4 nitrogen and oxygen atoms in total. The molecule has 1 aromatic rings. The van der Waals surface area contributed by atoms with E-state index in [1.807, 2.05) is 18.2 Å². The molecule has 18 heavy (non-hydrogen) atoms. The van der Waals surface area contributed by atoms with Crippen LogP contribution in [0.5, 0.6) is 0 Å². The van der Waals surface area contributed by atoms with Gasteiger partial charge in [-0.1, -0.05) is 6.42 Å². The second-order valence-electron chi connectivity index (χ2n) is 5.15. The third kappa shape index (κ3) is 1.78. The summed E-state index contributed by atoms with van der Waals surface area (Å²) in [7, 11) is 1.75. The molecule has 2 amide bonds. The van der Waals surface area contributed by atoms with Gasteiger partial charge in [-0.3, -0.25) is 4.79 Å². The fourth-order valence-electron chi connectivity index (χ4n) is 2.44. The Labute approximate surface area is 106 Å². The largest absolute Gasteiger partial charge is 0.323 e. The Hall–Kier alpha value is -1.84. The highest BCUT2D eigenvalue weighted by molar-refractivity contribution is 6.00. The van der Waals surface area contributed by atoms with Crippen LogP contribution in [0.4, 0.5) is 10.5 Å². The second-order valence-corrected chi connectivity index (χ2v) is 5.15. The van der Waals surface area contributed by atoms with Crippen LogP contribution >= 0.6 is 0 Å². The molecule has 1 N–H and O–H groups in total. The van der Waals surface area contributed by atoms with E-state index in [1.54, 1.807) is 11.9 Å². The Morgan fingerprint density at radius 3 is 2.83 bits per heavy atom. The number of carbonyl (C=O) groups is 2. The van der Waals surface area contributed by atoms with Gasteiger partial charge in [0, 0.05) is 30.8 Å². The van der Waals surface area contributed by atoms with Crippen molar-refractivity contribution in [1.29, 1.82) is 0 Å². The summed E-state index contributed by atoms with van der Waals surface area (Å²) in [6, 6.07) is 5.49. The first-order valence-electron chi connectivity index (χ1n) is 6.34. The Kier molecular flexibility index (Phi) is 2.58. The van der Waals surface area contributed by atoms with Gasteiger partial charge in [0.2, 0.25) is 0 Å². The lowest BCUT2D eigenvalue weighted by Gasteiger charge is -2.27. The third-order valence-corrected chi connectivity index (χ3v) is 3.86. The van der Waals surface area contributed by atoms with Crippen LogP contribution < -0.4 is 5.32 Å². The molecule has 0 unspecified atom stereocenters. The number of hydrogen-bond acceptors (Lipinski definition) is 2. The Morgan fingerprint density at radius 1 is 1.39 bits per heavy atom. The number of rotatable bonds is 2. The summed E-state index contributed by atoms with van der Waals surface area (Å²) >= 11 is 0. The fourth-order valence-corrected chi connectivity index (χ4v) is 2.44. The van der Waals surface area contributed by atoms with Crippen LogP contribution in [0, 0.1) is 5.92 Å². The highest BCUT2D eigenvalue weighted by Crippen LogP contribution is 2.31. The first kappa shape index (κ1) is 11.3. The number of hydrogen-bond donors (Lipinski definition) is 1. The summed E-state index contributed by atoms with van der Waals surface area (Å²) in [6.45, 7) is 0.562. The first-order chi connectivity index (χ1) is 8.65. The topological polar surface area (TPSA) is 49.4 Å². The zero-order valence-electron chi connectivity index (χ0n) is 10.4. The number of fused-ring (bicyclic) bond motifs is 1. The van der Waals surface area contributed by atoms with Crippen molar-refractivity contribution < 1.29 is 9.59 Å². The van der Waals surface area contributed by atoms with Gasteiger partial charge in [-0.25, -0.2) is 4.79 Å². The van der Waals surface area contributed by atoms with Crippen molar-refractivity contribution in [2.75, 3.05) is 12.4 Å². The van der Waals surface area contributed by atoms with Crippen molar-refractivity contribution in [3.63, 3.8) is 0 Å². The molecule has 2 aliphatic rings. The molecular weight excluding hydrogens is 228 g/mol. The second kappa shape index (κ2) is 4.12. The molecule has 0 radical (unpaired) electrons. The SMILES string of the molecule is CN1Cc2cc(C(=O)C3CCC3)ccc2NC1=O. The van der Waals surface area contributed by atoms with Gasteiger partial charge in [-0.05, 0) is 36.6 Å². The van der Waals surface area contributed by atoms with E-state index in [0.717, 1.165) is 29.7 Å². The van der Waals surface area contributed by atoms with E-state index in [9.17, 15) is 9.59 Å². The Morgan fingerprint density at radius 2 is 2.17 bits per heavy atom. The summed E-state index contributed by atoms with van der Waals surface area (Å²) < 4.78 is 0. The van der Waals surface area contributed by atoms with Gasteiger partial charge in [0.15, 0.2) is 5.78 Å². The van der Waals surface area contributed by atoms with Crippen molar-refractivity contribution in [2.45, 2.75) is 25.8 Å². The standard InChI is InChI=1S/C14H16N2O2/c1-16-8-11-7-10(13(17)9-3-2-4-9)5-6-12(11)15-14(16)18/h5-7,9H,2-4,8H2,1H3,(H,15,18). The summed E-state index contributed by atoms with van der Waals surface area (Å²) in [5.74, 6) is 0.475. The average molecular weight is 244 g/mol. The smallest absolute Gasteiger partial charge is 0.321 e. The summed E-state index contributed by atoms with van der Waals surface area (Å²) in [5, 5.41) is 2.81. The molecule has 1 fully saturated rings. The molecule has 4 heteroatoms. The summed E-state index contributed by atoms with van der Waals surface area (Å²) in [4.78, 5) is 25.3. The van der Waals surface area contributed by atoms with E-state index in [0.29, 0.717) is 6.54 Å². The molecule has 0 atom stereocenters. The zero-order valence-corrected chi connectivity index (χ0v) is 10.4. The highest BCUT2D eigenvalue weighted by atomic mass is 16.2. The minimum atomic E-state index is -0.0967. The average Bonchev–Trinajstić information content (AvgIpc) is 2.27. The molecule has 94 valence electrons. The van der Waals surface area contributed by atoms with E-state index in [4.69, 9.17) is 0 Å². The maximum absolute atomic E-state index is 12.2. The Bertz CT molecular complexity index is 521. The molecule has 1 aliphatic heterocycles. The molecule has 1 saturated carbocycles. The van der Waals surface area contributed by atoms with Gasteiger partial charge in [0.05, 0.1) is 0 Å². The van der Waals surface area contributed by atoms with E-state index in [-0.39, 0.29) is 17.7 Å². The van der Waals surface area contributed by atoms with Gasteiger partial charge in [-0.2, -0.15) is 0 Å². The van der Waals surface area contributed by atoms with E-state index in [1.165, 1.54) is 6.42 Å². The van der Waals surface area contributed by atoms with Crippen LogP contribution in [0.3, 0.4) is 0 Å². The number of carbonyl (C=O) groups excluding carboxylic acids is 2.